The Morgan fingerprint density at radius 1 is 1.29 bits per heavy atom. The van der Waals surface area contributed by atoms with Crippen LogP contribution in [0.1, 0.15) is 53.9 Å². The quantitative estimate of drug-likeness (QED) is 0.698. The number of ether oxygens (including phenoxy) is 3. The lowest BCUT2D eigenvalue weighted by atomic mass is 9.94. The van der Waals surface area contributed by atoms with E-state index in [2.05, 4.69) is 6.92 Å². The Morgan fingerprint density at radius 3 is 2.58 bits per heavy atom. The van der Waals surface area contributed by atoms with Crippen LogP contribution in [0.15, 0.2) is 18.2 Å². The predicted octanol–water partition coefficient (Wildman–Crippen LogP) is 5.33. The van der Waals surface area contributed by atoms with Crippen LogP contribution >= 0.6 is 0 Å². The van der Waals surface area contributed by atoms with Crippen LogP contribution in [0.2, 0.25) is 0 Å². The highest BCUT2D eigenvalue weighted by Crippen LogP contribution is 2.29. The van der Waals surface area contributed by atoms with E-state index in [4.69, 9.17) is 14.2 Å². The summed E-state index contributed by atoms with van der Waals surface area (Å²) in [5, 5.41) is 0. The first kappa shape index (κ1) is 20.8. The van der Waals surface area contributed by atoms with Crippen molar-refractivity contribution in [3.8, 4) is 5.75 Å². The van der Waals surface area contributed by atoms with Crippen molar-refractivity contribution < 1.29 is 23.0 Å². The maximum Gasteiger partial charge on any atom is 0.167 e. The molecular weight excluding hydrogens is 314 g/mol. The number of halogens is 2. The third kappa shape index (κ3) is 6.36. The van der Waals surface area contributed by atoms with E-state index in [1.807, 2.05) is 27.7 Å². The molecule has 5 heteroatoms. The Morgan fingerprint density at radius 2 is 2.00 bits per heavy atom. The largest absolute Gasteiger partial charge is 0.490 e. The van der Waals surface area contributed by atoms with Gasteiger partial charge in [-0.1, -0.05) is 27.2 Å². The molecule has 0 radical (unpaired) electrons. The fourth-order valence-electron chi connectivity index (χ4n) is 2.75. The lowest BCUT2D eigenvalue weighted by molar-refractivity contribution is -0.284. The Kier molecular flexibility index (Phi) is 8.63. The standard InChI is InChI=1S/C17H24F2O3.C2H6/c1-4-5-12(15-8-9-21-17(2,3)22-15)11-20-16-7-6-13(18)10-14(16)19;1-2/h6-7,10,12,15H,4-5,8-9,11H2,1-3H3;1-2H3/t12?,15-;/m1./s1. The van der Waals surface area contributed by atoms with Crippen LogP contribution in [0, 0.1) is 17.6 Å². The SMILES string of the molecule is CC.CCCC(COc1ccc(F)cc1F)[C@H]1CCOC(C)(C)O1. The van der Waals surface area contributed by atoms with Crippen molar-refractivity contribution in [2.45, 2.75) is 65.8 Å². The summed E-state index contributed by atoms with van der Waals surface area (Å²) in [7, 11) is 0. The normalized spacial score (nSPS) is 20.7. The summed E-state index contributed by atoms with van der Waals surface area (Å²) in [6.07, 6.45) is 2.72. The average molecular weight is 344 g/mol. The van der Waals surface area contributed by atoms with Gasteiger partial charge >= 0.3 is 0 Å². The van der Waals surface area contributed by atoms with Crippen LogP contribution in [-0.4, -0.2) is 25.1 Å². The molecule has 1 aromatic rings. The van der Waals surface area contributed by atoms with Gasteiger partial charge < -0.3 is 14.2 Å². The van der Waals surface area contributed by atoms with Crippen LogP contribution in [0.25, 0.3) is 0 Å². The van der Waals surface area contributed by atoms with Gasteiger partial charge in [0.2, 0.25) is 0 Å². The van der Waals surface area contributed by atoms with Gasteiger partial charge in [0.1, 0.15) is 5.82 Å². The predicted molar refractivity (Wildman–Crippen MR) is 91.1 cm³/mol. The molecule has 1 aliphatic rings. The maximum absolute atomic E-state index is 13.6. The van der Waals surface area contributed by atoms with E-state index in [-0.39, 0.29) is 17.8 Å². The highest BCUT2D eigenvalue weighted by atomic mass is 19.1. The molecule has 3 nitrogen and oxygen atoms in total. The number of hydrogen-bond donors (Lipinski definition) is 0. The van der Waals surface area contributed by atoms with Gasteiger partial charge in [0, 0.05) is 12.0 Å². The first-order chi connectivity index (χ1) is 11.4. The van der Waals surface area contributed by atoms with Crippen LogP contribution in [0.3, 0.4) is 0 Å². The molecule has 1 fully saturated rings. The van der Waals surface area contributed by atoms with Crippen LogP contribution in [0.5, 0.6) is 5.75 Å². The highest BCUT2D eigenvalue weighted by molar-refractivity contribution is 5.24. The monoisotopic (exact) mass is 344 g/mol. The molecule has 0 amide bonds. The van der Waals surface area contributed by atoms with Gasteiger partial charge in [0.25, 0.3) is 0 Å². The molecule has 2 atom stereocenters. The van der Waals surface area contributed by atoms with Crippen LogP contribution < -0.4 is 4.74 Å². The van der Waals surface area contributed by atoms with Gasteiger partial charge in [-0.15, -0.1) is 0 Å². The molecular formula is C19H30F2O3. The second kappa shape index (κ2) is 9.94. The van der Waals surface area contributed by atoms with E-state index in [1.165, 1.54) is 12.1 Å². The smallest absolute Gasteiger partial charge is 0.167 e. The lowest BCUT2D eigenvalue weighted by Crippen LogP contribution is -2.44. The summed E-state index contributed by atoms with van der Waals surface area (Å²) in [4.78, 5) is 0. The Bertz CT molecular complexity index is 492. The van der Waals surface area contributed by atoms with Crippen molar-refractivity contribution in [1.82, 2.24) is 0 Å². The van der Waals surface area contributed by atoms with Crippen molar-refractivity contribution in [3.05, 3.63) is 29.8 Å². The van der Waals surface area contributed by atoms with E-state index >= 15 is 0 Å². The number of rotatable bonds is 6. The van der Waals surface area contributed by atoms with E-state index in [1.54, 1.807) is 0 Å². The Hall–Kier alpha value is -1.20. The van der Waals surface area contributed by atoms with E-state index < -0.39 is 17.4 Å². The van der Waals surface area contributed by atoms with Crippen LogP contribution in [-0.2, 0) is 9.47 Å². The van der Waals surface area contributed by atoms with Gasteiger partial charge in [-0.3, -0.25) is 0 Å². The van der Waals surface area contributed by atoms with Crippen molar-refractivity contribution in [1.29, 1.82) is 0 Å². The second-order valence-electron chi connectivity index (χ2n) is 6.13. The van der Waals surface area contributed by atoms with Gasteiger partial charge in [-0.25, -0.2) is 8.78 Å². The zero-order chi connectivity index (χ0) is 18.2. The maximum atomic E-state index is 13.6. The van der Waals surface area contributed by atoms with E-state index in [9.17, 15) is 8.78 Å². The Labute approximate surface area is 144 Å². The Balaban J connectivity index is 0.00000139. The molecule has 0 spiro atoms. The molecule has 0 aliphatic carbocycles. The van der Waals surface area contributed by atoms with E-state index in [0.717, 1.165) is 25.3 Å². The van der Waals surface area contributed by atoms with Crippen molar-refractivity contribution in [2.24, 2.45) is 5.92 Å². The first-order valence-corrected chi connectivity index (χ1v) is 8.81. The lowest BCUT2D eigenvalue weighted by Gasteiger charge is -2.39. The number of benzene rings is 1. The zero-order valence-electron chi connectivity index (χ0n) is 15.4. The van der Waals surface area contributed by atoms with E-state index in [0.29, 0.717) is 13.2 Å². The molecule has 1 aliphatic heterocycles. The summed E-state index contributed by atoms with van der Waals surface area (Å²) in [6, 6.07) is 3.35. The molecule has 1 unspecified atom stereocenters. The van der Waals surface area contributed by atoms with Gasteiger partial charge in [-0.2, -0.15) is 0 Å². The minimum atomic E-state index is -0.677. The molecule has 1 saturated heterocycles. The molecule has 24 heavy (non-hydrogen) atoms. The third-order valence-electron chi connectivity index (χ3n) is 3.82. The summed E-state index contributed by atoms with van der Waals surface area (Å²) in [5.41, 5.74) is 0. The minimum Gasteiger partial charge on any atom is -0.490 e. The fourth-order valence-corrected chi connectivity index (χ4v) is 2.75. The molecule has 0 aromatic heterocycles. The molecule has 1 heterocycles. The molecule has 1 aromatic carbocycles. The summed E-state index contributed by atoms with van der Waals surface area (Å²) >= 11 is 0. The minimum absolute atomic E-state index is 0.0206. The van der Waals surface area contributed by atoms with Crippen LogP contribution in [0.4, 0.5) is 8.78 Å². The topological polar surface area (TPSA) is 27.7 Å². The molecule has 0 N–H and O–H groups in total. The molecule has 0 saturated carbocycles. The zero-order valence-corrected chi connectivity index (χ0v) is 15.4. The third-order valence-corrected chi connectivity index (χ3v) is 3.82. The fraction of sp³-hybridized carbons (Fsp3) is 0.684. The average Bonchev–Trinajstić information content (AvgIpc) is 2.54. The number of hydrogen-bond acceptors (Lipinski definition) is 3. The highest BCUT2D eigenvalue weighted by Gasteiger charge is 2.34. The molecule has 2 rings (SSSR count). The molecule has 138 valence electrons. The van der Waals surface area contributed by atoms with Gasteiger partial charge in [0.15, 0.2) is 17.4 Å². The summed E-state index contributed by atoms with van der Waals surface area (Å²) < 4.78 is 43.6. The van der Waals surface area contributed by atoms with Crippen molar-refractivity contribution >= 4 is 0 Å². The molecule has 0 bridgehead atoms. The second-order valence-corrected chi connectivity index (χ2v) is 6.13. The van der Waals surface area contributed by atoms with Gasteiger partial charge in [0.05, 0.1) is 19.3 Å². The summed E-state index contributed by atoms with van der Waals surface area (Å²) in [5.74, 6) is -1.66. The first-order valence-electron chi connectivity index (χ1n) is 8.81. The van der Waals surface area contributed by atoms with Gasteiger partial charge in [-0.05, 0) is 38.8 Å². The summed E-state index contributed by atoms with van der Waals surface area (Å²) in [6.45, 7) is 10.9. The van der Waals surface area contributed by atoms with Crippen molar-refractivity contribution in [3.63, 3.8) is 0 Å². The van der Waals surface area contributed by atoms with Crippen molar-refractivity contribution in [2.75, 3.05) is 13.2 Å².